The van der Waals surface area contributed by atoms with Gasteiger partial charge >= 0.3 is 0 Å². The largest absolute Gasteiger partial charge is 0.310 e. The van der Waals surface area contributed by atoms with Crippen LogP contribution >= 0.6 is 0 Å². The van der Waals surface area contributed by atoms with Gasteiger partial charge in [-0.2, -0.15) is 0 Å². The van der Waals surface area contributed by atoms with Crippen LogP contribution in [0.4, 0.5) is 17.1 Å². The number of benzene rings is 9. The van der Waals surface area contributed by atoms with Crippen LogP contribution in [0.1, 0.15) is 53.6 Å². The molecule has 9 aromatic rings. The molecule has 1 heteroatoms. The van der Waals surface area contributed by atoms with Crippen molar-refractivity contribution in [3.05, 3.63) is 288 Å². The Morgan fingerprint density at radius 1 is 0.394 bits per heavy atom. The van der Waals surface area contributed by atoms with Crippen LogP contribution in [0.25, 0.3) is 50.1 Å². The Bertz CT molecular complexity index is 3310. The lowest BCUT2D eigenvalue weighted by molar-refractivity contribution is 0.626. The fraction of sp³-hybridized carbons (Fsp3) is 0.0769. The van der Waals surface area contributed by atoms with Crippen molar-refractivity contribution in [2.45, 2.75) is 31.1 Å². The fourth-order valence-electron chi connectivity index (χ4n) is 11.3. The second-order valence-electron chi connectivity index (χ2n) is 18.4. The van der Waals surface area contributed by atoms with Gasteiger partial charge in [0.1, 0.15) is 0 Å². The second kappa shape index (κ2) is 15.9. The van der Waals surface area contributed by atoms with Gasteiger partial charge in [-0.15, -0.1) is 0 Å². The molecule has 0 radical (unpaired) electrons. The fourth-order valence-corrected chi connectivity index (χ4v) is 11.3. The van der Waals surface area contributed by atoms with E-state index in [1.54, 1.807) is 0 Å². The Balaban J connectivity index is 1.00. The van der Waals surface area contributed by atoms with Gasteiger partial charge in [0.05, 0.1) is 11.1 Å². The molecular weight excluding hydrogens is 795 g/mol. The maximum atomic E-state index is 2.47. The first kappa shape index (κ1) is 39.6. The number of rotatable bonds is 8. The van der Waals surface area contributed by atoms with Gasteiger partial charge in [0.25, 0.3) is 0 Å². The summed E-state index contributed by atoms with van der Waals surface area (Å²) < 4.78 is 0. The molecule has 3 aliphatic rings. The molecular formula is C65H49N. The molecule has 12 rings (SSSR count). The maximum Gasteiger partial charge on any atom is 0.0714 e. The van der Waals surface area contributed by atoms with E-state index < -0.39 is 5.41 Å². The molecule has 0 unspecified atom stereocenters. The molecule has 0 saturated heterocycles. The smallest absolute Gasteiger partial charge is 0.0714 e. The average molecular weight is 844 g/mol. The molecule has 0 atom stereocenters. The zero-order valence-corrected chi connectivity index (χ0v) is 37.3. The van der Waals surface area contributed by atoms with Crippen molar-refractivity contribution in [3.8, 4) is 44.5 Å². The molecule has 0 heterocycles. The van der Waals surface area contributed by atoms with E-state index in [2.05, 4.69) is 268 Å². The summed E-state index contributed by atoms with van der Waals surface area (Å²) >= 11 is 0. The van der Waals surface area contributed by atoms with Gasteiger partial charge in [-0.25, -0.2) is 0 Å². The third-order valence-electron chi connectivity index (χ3n) is 14.5. The van der Waals surface area contributed by atoms with Crippen molar-refractivity contribution >= 4 is 22.6 Å². The van der Waals surface area contributed by atoms with E-state index in [-0.39, 0.29) is 5.41 Å². The standard InChI is InChI=1S/C65H49N/c1-64(2)58-26-14-6-13-24-55(58)56-43-38-50(44-61(56)64)49-36-41-54(42-37-49)66(53-39-34-48(35-40-53)47-32-30-46(31-33-47)45-18-7-3-8-19-45)62-29-17-28-60-63(62)57-25-15-16-27-59(57)65(60,51-20-9-4-10-21-51)52-22-11-5-12-23-52/h3-25,27-44H,26H2,1-2H3. The van der Waals surface area contributed by atoms with Crippen LogP contribution in [0.2, 0.25) is 0 Å². The minimum atomic E-state index is -0.504. The van der Waals surface area contributed by atoms with Gasteiger partial charge in [-0.05, 0) is 126 Å². The van der Waals surface area contributed by atoms with E-state index in [9.17, 15) is 0 Å². The van der Waals surface area contributed by atoms with E-state index in [1.165, 1.54) is 89.0 Å². The van der Waals surface area contributed by atoms with E-state index in [1.807, 2.05) is 0 Å². The average Bonchev–Trinajstić information content (AvgIpc) is 3.63. The highest BCUT2D eigenvalue weighted by molar-refractivity contribution is 5.98. The first-order chi connectivity index (χ1) is 32.5. The quantitative estimate of drug-likeness (QED) is 0.147. The minimum absolute atomic E-state index is 0.0365. The van der Waals surface area contributed by atoms with Crippen LogP contribution < -0.4 is 4.90 Å². The van der Waals surface area contributed by atoms with E-state index in [0.29, 0.717) is 0 Å². The van der Waals surface area contributed by atoms with Crippen molar-refractivity contribution in [2.24, 2.45) is 0 Å². The van der Waals surface area contributed by atoms with Crippen LogP contribution in [0.15, 0.2) is 254 Å². The van der Waals surface area contributed by atoms with Crippen molar-refractivity contribution in [1.82, 2.24) is 0 Å². The summed E-state index contributed by atoms with van der Waals surface area (Å²) in [5.74, 6) is 0. The van der Waals surface area contributed by atoms with Crippen molar-refractivity contribution < 1.29 is 0 Å². The van der Waals surface area contributed by atoms with Crippen LogP contribution in [-0.4, -0.2) is 0 Å². The first-order valence-electron chi connectivity index (χ1n) is 23.2. The third-order valence-corrected chi connectivity index (χ3v) is 14.5. The lowest BCUT2D eigenvalue weighted by atomic mass is 9.68. The lowest BCUT2D eigenvalue weighted by Crippen LogP contribution is -2.28. The number of nitrogens with zero attached hydrogens (tertiary/aromatic N) is 1. The van der Waals surface area contributed by atoms with E-state index in [4.69, 9.17) is 0 Å². The summed E-state index contributed by atoms with van der Waals surface area (Å²) in [7, 11) is 0. The maximum absolute atomic E-state index is 2.47. The lowest BCUT2D eigenvalue weighted by Gasteiger charge is -2.34. The van der Waals surface area contributed by atoms with Gasteiger partial charge in [0, 0.05) is 22.4 Å². The Labute approximate surface area is 389 Å². The van der Waals surface area contributed by atoms with E-state index >= 15 is 0 Å². The summed E-state index contributed by atoms with van der Waals surface area (Å²) in [5.41, 5.74) is 23.3. The van der Waals surface area contributed by atoms with Crippen molar-refractivity contribution in [3.63, 3.8) is 0 Å². The molecule has 66 heavy (non-hydrogen) atoms. The molecule has 314 valence electrons. The van der Waals surface area contributed by atoms with Gasteiger partial charge in [-0.1, -0.05) is 226 Å². The molecule has 0 N–H and O–H groups in total. The Kier molecular flexibility index (Phi) is 9.54. The summed E-state index contributed by atoms with van der Waals surface area (Å²) in [6.45, 7) is 4.77. The molecule has 0 aromatic heterocycles. The molecule has 0 spiro atoms. The van der Waals surface area contributed by atoms with E-state index in [0.717, 1.165) is 23.5 Å². The van der Waals surface area contributed by atoms with Crippen LogP contribution in [0, 0.1) is 0 Å². The van der Waals surface area contributed by atoms with Crippen LogP contribution in [-0.2, 0) is 10.8 Å². The first-order valence-corrected chi connectivity index (χ1v) is 23.2. The van der Waals surface area contributed by atoms with Gasteiger partial charge in [0.15, 0.2) is 0 Å². The number of anilines is 3. The number of fused-ring (bicyclic) bond motifs is 5. The summed E-state index contributed by atoms with van der Waals surface area (Å²) in [6.07, 6.45) is 9.94. The number of allylic oxidation sites excluding steroid dienone is 6. The molecule has 1 nitrogen and oxygen atoms in total. The highest BCUT2D eigenvalue weighted by atomic mass is 15.1. The van der Waals surface area contributed by atoms with Crippen molar-refractivity contribution in [2.75, 3.05) is 4.90 Å². The molecule has 3 aliphatic carbocycles. The molecule has 0 amide bonds. The summed E-state index contributed by atoms with van der Waals surface area (Å²) in [6, 6.07) is 83.1. The molecule has 0 aliphatic heterocycles. The van der Waals surface area contributed by atoms with Gasteiger partial charge in [0.2, 0.25) is 0 Å². The predicted molar refractivity (Wildman–Crippen MR) is 278 cm³/mol. The molecule has 9 aromatic carbocycles. The molecule has 0 bridgehead atoms. The molecule has 0 fully saturated rings. The Hall–Kier alpha value is -8.00. The van der Waals surface area contributed by atoms with Crippen LogP contribution in [0.5, 0.6) is 0 Å². The predicted octanol–water partition coefficient (Wildman–Crippen LogP) is 17.1. The summed E-state index contributed by atoms with van der Waals surface area (Å²) in [4.78, 5) is 2.47. The highest BCUT2D eigenvalue weighted by Crippen LogP contribution is 2.59. The zero-order chi connectivity index (χ0) is 44.2. The SMILES string of the molecule is CC1(C)C2=C(C=CC=CC2)c2ccc(-c3ccc(N(c4ccc(-c5ccc(-c6ccccc6)cc5)cc4)c4cccc5c4-c4ccccc4C5(c4ccccc4)c4ccccc4)cc3)cc21. The zero-order valence-electron chi connectivity index (χ0n) is 37.3. The highest BCUT2D eigenvalue weighted by Gasteiger charge is 2.47. The Morgan fingerprint density at radius 2 is 0.894 bits per heavy atom. The van der Waals surface area contributed by atoms with Gasteiger partial charge in [-0.3, -0.25) is 0 Å². The Morgan fingerprint density at radius 3 is 1.52 bits per heavy atom. The molecule has 0 saturated carbocycles. The topological polar surface area (TPSA) is 3.24 Å². The third kappa shape index (κ3) is 6.30. The number of hydrogen-bond acceptors (Lipinski definition) is 1. The normalized spacial score (nSPS) is 14.8. The number of hydrogen-bond donors (Lipinski definition) is 0. The minimum Gasteiger partial charge on any atom is -0.310 e. The van der Waals surface area contributed by atoms with Crippen LogP contribution in [0.3, 0.4) is 0 Å². The van der Waals surface area contributed by atoms with Gasteiger partial charge < -0.3 is 4.90 Å². The second-order valence-corrected chi connectivity index (χ2v) is 18.4. The monoisotopic (exact) mass is 843 g/mol. The summed E-state index contributed by atoms with van der Waals surface area (Å²) in [5, 5.41) is 0. The van der Waals surface area contributed by atoms with Crippen molar-refractivity contribution in [1.29, 1.82) is 0 Å².